The molecule has 1 aromatic heterocycles. The van der Waals surface area contributed by atoms with Crippen LogP contribution in [-0.2, 0) is 0 Å². The van der Waals surface area contributed by atoms with Gasteiger partial charge in [-0.05, 0) is 37.3 Å². The van der Waals surface area contributed by atoms with Gasteiger partial charge in [0.05, 0.1) is 0 Å². The van der Waals surface area contributed by atoms with Crippen molar-refractivity contribution in [3.8, 4) is 0 Å². The fourth-order valence-corrected chi connectivity index (χ4v) is 1.65. The molecule has 2 N–H and O–H groups in total. The van der Waals surface area contributed by atoms with Gasteiger partial charge in [-0.25, -0.2) is 9.78 Å². The molecule has 0 spiro atoms. The summed E-state index contributed by atoms with van der Waals surface area (Å²) in [5.41, 5.74) is 1.48. The molecule has 0 saturated heterocycles. The van der Waals surface area contributed by atoms with E-state index in [9.17, 15) is 4.79 Å². The number of aryl methyl sites for hydroxylation is 1. The van der Waals surface area contributed by atoms with Gasteiger partial charge in [0.15, 0.2) is 0 Å². The van der Waals surface area contributed by atoms with Gasteiger partial charge in [-0.1, -0.05) is 23.7 Å². The minimum Gasteiger partial charge on any atom is -0.308 e. The van der Waals surface area contributed by atoms with Crippen LogP contribution < -0.4 is 10.6 Å². The highest BCUT2D eigenvalue weighted by molar-refractivity contribution is 6.30. The van der Waals surface area contributed by atoms with Crippen LogP contribution in [0, 0.1) is 6.92 Å². The number of carbonyl (C=O) groups is 1. The molecule has 0 unspecified atom stereocenters. The third kappa shape index (κ3) is 3.46. The minimum absolute atomic E-state index is 0.352. The second kappa shape index (κ2) is 5.51. The predicted octanol–water partition coefficient (Wildman–Crippen LogP) is 3.69. The maximum atomic E-state index is 11.7. The summed E-state index contributed by atoms with van der Waals surface area (Å²) in [4.78, 5) is 15.9. The Bertz CT molecular complexity index is 522. The molecule has 0 radical (unpaired) electrons. The summed E-state index contributed by atoms with van der Waals surface area (Å²) >= 11 is 5.83. The lowest BCUT2D eigenvalue weighted by Gasteiger charge is -2.07. The molecular formula is C13H12ClN3O. The first-order valence-corrected chi connectivity index (χ1v) is 5.78. The van der Waals surface area contributed by atoms with Crippen molar-refractivity contribution in [2.75, 3.05) is 10.6 Å². The van der Waals surface area contributed by atoms with Crippen molar-refractivity contribution < 1.29 is 4.79 Å². The highest BCUT2D eigenvalue weighted by atomic mass is 35.5. The summed E-state index contributed by atoms with van der Waals surface area (Å²) in [5.74, 6) is 0.509. The van der Waals surface area contributed by atoms with Crippen LogP contribution in [0.5, 0.6) is 0 Å². The Balaban J connectivity index is 2.01. The van der Waals surface area contributed by atoms with Gasteiger partial charge in [-0.15, -0.1) is 0 Å². The van der Waals surface area contributed by atoms with Gasteiger partial charge in [0.1, 0.15) is 5.82 Å². The van der Waals surface area contributed by atoms with Crippen molar-refractivity contribution in [2.24, 2.45) is 0 Å². The number of amides is 2. The number of rotatable bonds is 2. The van der Waals surface area contributed by atoms with E-state index in [1.807, 2.05) is 19.1 Å². The van der Waals surface area contributed by atoms with Gasteiger partial charge >= 0.3 is 6.03 Å². The fourth-order valence-electron chi connectivity index (χ4n) is 1.46. The van der Waals surface area contributed by atoms with E-state index < -0.39 is 0 Å². The number of urea groups is 1. The SMILES string of the molecule is Cc1cccc(NC(=O)Nc2cccc(Cl)c2)n1. The van der Waals surface area contributed by atoms with E-state index in [1.165, 1.54) is 0 Å². The molecule has 1 heterocycles. The maximum absolute atomic E-state index is 11.7. The lowest BCUT2D eigenvalue weighted by molar-refractivity contribution is 0.262. The van der Waals surface area contributed by atoms with Crippen LogP contribution in [0.3, 0.4) is 0 Å². The summed E-state index contributed by atoms with van der Waals surface area (Å²) in [7, 11) is 0. The van der Waals surface area contributed by atoms with Gasteiger partial charge in [0.25, 0.3) is 0 Å². The third-order valence-corrected chi connectivity index (χ3v) is 2.45. The average molecular weight is 262 g/mol. The summed E-state index contributed by atoms with van der Waals surface area (Å²) in [5, 5.41) is 5.89. The van der Waals surface area contributed by atoms with E-state index in [0.29, 0.717) is 16.5 Å². The largest absolute Gasteiger partial charge is 0.324 e. The molecule has 1 aromatic carbocycles. The number of carbonyl (C=O) groups excluding carboxylic acids is 1. The van der Waals surface area contributed by atoms with Gasteiger partial charge in [-0.3, -0.25) is 5.32 Å². The molecule has 92 valence electrons. The molecule has 5 heteroatoms. The Morgan fingerprint density at radius 3 is 2.67 bits per heavy atom. The molecular weight excluding hydrogens is 250 g/mol. The molecule has 0 aliphatic rings. The second-order valence-electron chi connectivity index (χ2n) is 3.75. The van der Waals surface area contributed by atoms with Crippen molar-refractivity contribution >= 4 is 29.1 Å². The molecule has 0 saturated carbocycles. The standard InChI is InChI=1S/C13H12ClN3O/c1-9-4-2-7-12(15-9)17-13(18)16-11-6-3-5-10(14)8-11/h2-8H,1H3,(H2,15,16,17,18). The van der Waals surface area contributed by atoms with Crippen LogP contribution in [0.25, 0.3) is 0 Å². The summed E-state index contributed by atoms with van der Waals surface area (Å²) in [6.07, 6.45) is 0. The second-order valence-corrected chi connectivity index (χ2v) is 4.19. The lowest BCUT2D eigenvalue weighted by Crippen LogP contribution is -2.20. The first-order chi connectivity index (χ1) is 8.63. The van der Waals surface area contributed by atoms with Gasteiger partial charge < -0.3 is 5.32 Å². The van der Waals surface area contributed by atoms with E-state index in [1.54, 1.807) is 30.3 Å². The van der Waals surface area contributed by atoms with Crippen LogP contribution in [0.1, 0.15) is 5.69 Å². The van der Waals surface area contributed by atoms with Crippen LogP contribution in [0.4, 0.5) is 16.3 Å². The topological polar surface area (TPSA) is 54.0 Å². The Labute approximate surface area is 110 Å². The van der Waals surface area contributed by atoms with E-state index in [-0.39, 0.29) is 6.03 Å². The zero-order valence-electron chi connectivity index (χ0n) is 9.77. The first-order valence-electron chi connectivity index (χ1n) is 5.41. The van der Waals surface area contributed by atoms with Crippen LogP contribution in [0.15, 0.2) is 42.5 Å². The zero-order valence-corrected chi connectivity index (χ0v) is 10.5. The van der Waals surface area contributed by atoms with E-state index in [2.05, 4.69) is 15.6 Å². The number of halogens is 1. The predicted molar refractivity (Wildman–Crippen MR) is 73.1 cm³/mol. The first kappa shape index (κ1) is 12.4. The van der Waals surface area contributed by atoms with Crippen LogP contribution >= 0.6 is 11.6 Å². The van der Waals surface area contributed by atoms with Crippen molar-refractivity contribution in [2.45, 2.75) is 6.92 Å². The monoisotopic (exact) mass is 261 g/mol. The quantitative estimate of drug-likeness (QED) is 0.866. The fraction of sp³-hybridized carbons (Fsp3) is 0.0769. The molecule has 2 aromatic rings. The van der Waals surface area contributed by atoms with E-state index >= 15 is 0 Å². The molecule has 2 rings (SSSR count). The molecule has 0 bridgehead atoms. The van der Waals surface area contributed by atoms with Crippen molar-refractivity contribution in [3.63, 3.8) is 0 Å². The molecule has 18 heavy (non-hydrogen) atoms. The van der Waals surface area contributed by atoms with Gasteiger partial charge in [-0.2, -0.15) is 0 Å². The Hall–Kier alpha value is -2.07. The highest BCUT2D eigenvalue weighted by Crippen LogP contribution is 2.15. The average Bonchev–Trinajstić information content (AvgIpc) is 2.28. The van der Waals surface area contributed by atoms with E-state index in [4.69, 9.17) is 11.6 Å². The number of benzene rings is 1. The zero-order chi connectivity index (χ0) is 13.0. The number of nitrogens with zero attached hydrogens (tertiary/aromatic N) is 1. The summed E-state index contributed by atoms with van der Waals surface area (Å²) < 4.78 is 0. The molecule has 0 aliphatic carbocycles. The maximum Gasteiger partial charge on any atom is 0.324 e. The van der Waals surface area contributed by atoms with Gasteiger partial charge in [0, 0.05) is 16.4 Å². The third-order valence-electron chi connectivity index (χ3n) is 2.21. The molecule has 0 atom stereocenters. The number of hydrogen-bond acceptors (Lipinski definition) is 2. The van der Waals surface area contributed by atoms with Gasteiger partial charge in [0.2, 0.25) is 0 Å². The molecule has 0 fully saturated rings. The Kier molecular flexibility index (Phi) is 3.79. The highest BCUT2D eigenvalue weighted by Gasteiger charge is 2.03. The number of pyridine rings is 1. The summed E-state index contributed by atoms with van der Waals surface area (Å²) in [6.45, 7) is 1.86. The van der Waals surface area contributed by atoms with Crippen molar-refractivity contribution in [1.82, 2.24) is 4.98 Å². The molecule has 4 nitrogen and oxygen atoms in total. The normalized spacial score (nSPS) is 9.89. The molecule has 0 aliphatic heterocycles. The Morgan fingerprint density at radius 1 is 1.17 bits per heavy atom. The van der Waals surface area contributed by atoms with Crippen molar-refractivity contribution in [3.05, 3.63) is 53.2 Å². The van der Waals surface area contributed by atoms with E-state index in [0.717, 1.165) is 5.69 Å². The van der Waals surface area contributed by atoms with Crippen LogP contribution in [0.2, 0.25) is 5.02 Å². The molecule has 2 amide bonds. The minimum atomic E-state index is -0.352. The number of aromatic nitrogens is 1. The number of nitrogens with one attached hydrogen (secondary N) is 2. The van der Waals surface area contributed by atoms with Crippen molar-refractivity contribution in [1.29, 1.82) is 0 Å². The van der Waals surface area contributed by atoms with Crippen LogP contribution in [-0.4, -0.2) is 11.0 Å². The smallest absolute Gasteiger partial charge is 0.308 e. The Morgan fingerprint density at radius 2 is 1.94 bits per heavy atom. The lowest BCUT2D eigenvalue weighted by atomic mass is 10.3. The summed E-state index contributed by atoms with van der Waals surface area (Å²) in [6, 6.07) is 12.0. The number of anilines is 2. The number of hydrogen-bond donors (Lipinski definition) is 2.